The number of nitrogens with zero attached hydrogens (tertiary/aromatic N) is 2. The van der Waals surface area contributed by atoms with Crippen LogP contribution in [0, 0.1) is 0 Å². The number of phenols is 1. The molecular weight excluding hydrogens is 444 g/mol. The summed E-state index contributed by atoms with van der Waals surface area (Å²) in [6, 6.07) is 19.6. The van der Waals surface area contributed by atoms with Crippen LogP contribution in [-0.2, 0) is 6.54 Å². The minimum absolute atomic E-state index is 0.167. The topological polar surface area (TPSA) is 26.7 Å². The third-order valence-electron chi connectivity index (χ3n) is 5.84. The average Bonchev–Trinajstić information content (AvgIpc) is 3.22. The van der Waals surface area contributed by atoms with Gasteiger partial charge in [0.25, 0.3) is 0 Å². The highest BCUT2D eigenvalue weighted by atomic mass is 79.9. The molecule has 1 aliphatic rings. The zero-order chi connectivity index (χ0) is 20.4. The molecule has 3 aromatic rings. The van der Waals surface area contributed by atoms with Crippen molar-refractivity contribution in [1.29, 1.82) is 0 Å². The third kappa shape index (κ3) is 4.75. The number of benzene rings is 2. The smallest absolute Gasteiger partial charge is 0.115 e. The predicted octanol–water partition coefficient (Wildman–Crippen LogP) is 5.90. The van der Waals surface area contributed by atoms with E-state index < -0.39 is 0 Å². The first-order chi connectivity index (χ1) is 14.0. The Bertz CT molecular complexity index is 928. The summed E-state index contributed by atoms with van der Waals surface area (Å²) >= 11 is 5.26. The second-order valence-corrected chi connectivity index (χ2v) is 9.70. The fourth-order valence-corrected chi connectivity index (χ4v) is 5.27. The minimum atomic E-state index is 0.167. The third-order valence-corrected chi connectivity index (χ3v) is 7.07. The van der Waals surface area contributed by atoms with Crippen molar-refractivity contribution in [2.75, 3.05) is 13.1 Å². The van der Waals surface area contributed by atoms with E-state index in [1.54, 1.807) is 17.4 Å². The zero-order valence-corrected chi connectivity index (χ0v) is 19.2. The second-order valence-electron chi connectivity index (χ2n) is 8.00. The maximum atomic E-state index is 10.1. The molecule has 0 unspecified atom stereocenters. The molecular formula is C24H27BrN2OS. The van der Waals surface area contributed by atoms with E-state index in [0.717, 1.165) is 29.7 Å². The molecule has 152 valence electrons. The molecule has 1 N–H and O–H groups in total. The fraction of sp³-hybridized carbons (Fsp3) is 0.333. The number of thiophene rings is 1. The van der Waals surface area contributed by atoms with Gasteiger partial charge in [-0.3, -0.25) is 9.80 Å². The van der Waals surface area contributed by atoms with Crippen molar-refractivity contribution in [3.05, 3.63) is 86.5 Å². The highest BCUT2D eigenvalue weighted by Gasteiger charge is 2.35. The van der Waals surface area contributed by atoms with Gasteiger partial charge in [-0.1, -0.05) is 40.2 Å². The first-order valence-electron chi connectivity index (χ1n) is 10.1. The molecule has 0 radical (unpaired) electrons. The van der Waals surface area contributed by atoms with E-state index >= 15 is 0 Å². The molecule has 2 aromatic carbocycles. The summed E-state index contributed by atoms with van der Waals surface area (Å²) < 4.78 is 1.12. The Kier molecular flexibility index (Phi) is 6.40. The number of phenolic OH excluding ortho intramolecular Hbond substituents is 1. The van der Waals surface area contributed by atoms with Crippen LogP contribution >= 0.6 is 27.3 Å². The maximum Gasteiger partial charge on any atom is 0.115 e. The molecule has 0 spiro atoms. The van der Waals surface area contributed by atoms with Crippen LogP contribution in [0.15, 0.2) is 69.8 Å². The summed E-state index contributed by atoms with van der Waals surface area (Å²) in [5, 5.41) is 14.5. The van der Waals surface area contributed by atoms with Gasteiger partial charge in [0.15, 0.2) is 0 Å². The Balaban J connectivity index is 1.56. The summed E-state index contributed by atoms with van der Waals surface area (Å²) in [4.78, 5) is 5.18. The van der Waals surface area contributed by atoms with Crippen molar-refractivity contribution >= 4 is 27.3 Å². The van der Waals surface area contributed by atoms with Crippen molar-refractivity contribution in [3.63, 3.8) is 0 Å². The minimum Gasteiger partial charge on any atom is -0.508 e. The van der Waals surface area contributed by atoms with Gasteiger partial charge in [0.2, 0.25) is 0 Å². The van der Waals surface area contributed by atoms with E-state index in [0.29, 0.717) is 17.8 Å². The number of piperazine rings is 1. The number of hydrogen-bond acceptors (Lipinski definition) is 4. The van der Waals surface area contributed by atoms with Crippen molar-refractivity contribution in [1.82, 2.24) is 9.80 Å². The lowest BCUT2D eigenvalue weighted by molar-refractivity contribution is 0.0196. The Morgan fingerprint density at radius 3 is 2.52 bits per heavy atom. The Labute approximate surface area is 185 Å². The van der Waals surface area contributed by atoms with E-state index in [9.17, 15) is 5.11 Å². The quantitative estimate of drug-likeness (QED) is 0.502. The lowest BCUT2D eigenvalue weighted by Crippen LogP contribution is -2.56. The molecule has 3 atom stereocenters. The lowest BCUT2D eigenvalue weighted by Gasteiger charge is -2.47. The van der Waals surface area contributed by atoms with Crippen LogP contribution in [0.1, 0.15) is 36.6 Å². The van der Waals surface area contributed by atoms with Gasteiger partial charge in [-0.25, -0.2) is 0 Å². The van der Waals surface area contributed by atoms with Crippen molar-refractivity contribution in [3.8, 4) is 5.75 Å². The average molecular weight is 471 g/mol. The van der Waals surface area contributed by atoms with Gasteiger partial charge >= 0.3 is 0 Å². The zero-order valence-electron chi connectivity index (χ0n) is 16.8. The molecule has 3 nitrogen and oxygen atoms in total. The van der Waals surface area contributed by atoms with Gasteiger partial charge in [0.1, 0.15) is 5.75 Å². The van der Waals surface area contributed by atoms with Gasteiger partial charge in [-0.05, 0) is 71.6 Å². The van der Waals surface area contributed by atoms with Crippen molar-refractivity contribution < 1.29 is 5.11 Å². The van der Waals surface area contributed by atoms with E-state index in [2.05, 4.69) is 86.7 Å². The molecule has 0 amide bonds. The molecule has 1 fully saturated rings. The highest BCUT2D eigenvalue weighted by molar-refractivity contribution is 9.10. The second kappa shape index (κ2) is 9.00. The first-order valence-corrected chi connectivity index (χ1v) is 11.8. The molecule has 2 heterocycles. The molecule has 1 aliphatic heterocycles. The van der Waals surface area contributed by atoms with Gasteiger partial charge in [0.05, 0.1) is 6.04 Å². The Hall–Kier alpha value is -1.66. The summed E-state index contributed by atoms with van der Waals surface area (Å²) in [5.74, 6) is 0.331. The van der Waals surface area contributed by atoms with Crippen LogP contribution in [0.3, 0.4) is 0 Å². The van der Waals surface area contributed by atoms with Crippen LogP contribution < -0.4 is 0 Å². The monoisotopic (exact) mass is 470 g/mol. The van der Waals surface area contributed by atoms with Gasteiger partial charge in [-0.2, -0.15) is 11.3 Å². The molecule has 1 aromatic heterocycles. The number of hydrogen-bond donors (Lipinski definition) is 1. The summed E-state index contributed by atoms with van der Waals surface area (Å²) in [7, 11) is 0. The Morgan fingerprint density at radius 1 is 1.03 bits per heavy atom. The van der Waals surface area contributed by atoms with Gasteiger partial charge < -0.3 is 5.11 Å². The largest absolute Gasteiger partial charge is 0.508 e. The highest BCUT2D eigenvalue weighted by Crippen LogP contribution is 2.35. The van der Waals surface area contributed by atoms with Crippen LogP contribution in [0.2, 0.25) is 0 Å². The normalized spacial score (nSPS) is 21.9. The van der Waals surface area contributed by atoms with Crippen molar-refractivity contribution in [2.45, 2.75) is 38.5 Å². The lowest BCUT2D eigenvalue weighted by atomic mass is 9.95. The molecule has 0 saturated carbocycles. The van der Waals surface area contributed by atoms with Crippen LogP contribution in [0.25, 0.3) is 0 Å². The van der Waals surface area contributed by atoms with Gasteiger partial charge in [0, 0.05) is 36.2 Å². The van der Waals surface area contributed by atoms with Crippen LogP contribution in [0.5, 0.6) is 5.75 Å². The van der Waals surface area contributed by atoms with E-state index in [1.165, 1.54) is 11.1 Å². The molecule has 0 aliphatic carbocycles. The SMILES string of the molecule is C[C@@H]1CN([C@H](c2ccsc2)c2cccc(O)c2)[C@@H](C)CN1Cc1ccc(Br)cc1. The predicted molar refractivity (Wildman–Crippen MR) is 124 cm³/mol. The summed E-state index contributed by atoms with van der Waals surface area (Å²) in [5.41, 5.74) is 3.81. The number of halogens is 1. The molecule has 1 saturated heterocycles. The van der Waals surface area contributed by atoms with Crippen molar-refractivity contribution in [2.24, 2.45) is 0 Å². The van der Waals surface area contributed by atoms with Gasteiger partial charge in [-0.15, -0.1) is 0 Å². The van der Waals surface area contributed by atoms with E-state index in [4.69, 9.17) is 0 Å². The van der Waals surface area contributed by atoms with E-state index in [1.807, 2.05) is 12.1 Å². The standard InChI is InChI=1S/C24H27BrN2OS/c1-17-14-27(18(2)13-26(17)15-19-6-8-22(25)9-7-19)24(21-10-11-29-16-21)20-4-3-5-23(28)12-20/h3-12,16-18,24,28H,13-15H2,1-2H3/t17-,18+,24+/m1/s1. The molecule has 4 rings (SSSR count). The molecule has 0 bridgehead atoms. The van der Waals surface area contributed by atoms with E-state index in [-0.39, 0.29) is 6.04 Å². The number of rotatable bonds is 5. The molecule has 29 heavy (non-hydrogen) atoms. The maximum absolute atomic E-state index is 10.1. The molecule has 5 heteroatoms. The summed E-state index contributed by atoms with van der Waals surface area (Å²) in [6.07, 6.45) is 0. The Morgan fingerprint density at radius 2 is 1.83 bits per heavy atom. The number of aromatic hydroxyl groups is 1. The summed E-state index contributed by atoms with van der Waals surface area (Å²) in [6.45, 7) is 7.64. The van der Waals surface area contributed by atoms with Crippen LogP contribution in [0.4, 0.5) is 0 Å². The first kappa shape index (κ1) is 20.6. The fourth-order valence-electron chi connectivity index (χ4n) is 4.33. The van der Waals surface area contributed by atoms with Crippen LogP contribution in [-0.4, -0.2) is 40.1 Å².